The molecule has 98 valence electrons. The minimum atomic E-state index is 0.303. The molecule has 2 aromatic rings. The Labute approximate surface area is 116 Å². The number of aromatic nitrogens is 2. The Morgan fingerprint density at radius 1 is 1.53 bits per heavy atom. The maximum absolute atomic E-state index is 9.18. The van der Waals surface area contributed by atoms with Gasteiger partial charge in [0.1, 0.15) is 17.4 Å². The van der Waals surface area contributed by atoms with Gasteiger partial charge in [-0.05, 0) is 18.6 Å². The number of halogens is 1. The highest BCUT2D eigenvalue weighted by molar-refractivity contribution is 6.17. The van der Waals surface area contributed by atoms with Crippen LogP contribution in [0.4, 0.5) is 0 Å². The quantitative estimate of drug-likeness (QED) is 0.809. The molecule has 1 saturated heterocycles. The molecule has 1 fully saturated rings. The van der Waals surface area contributed by atoms with Gasteiger partial charge in [-0.15, -0.1) is 11.6 Å². The fourth-order valence-corrected chi connectivity index (χ4v) is 2.82. The zero-order chi connectivity index (χ0) is 13.2. The highest BCUT2D eigenvalue weighted by Gasteiger charge is 2.23. The molecule has 19 heavy (non-hydrogen) atoms. The van der Waals surface area contributed by atoms with Crippen molar-refractivity contribution < 1.29 is 4.74 Å². The van der Waals surface area contributed by atoms with Crippen LogP contribution in [0.5, 0.6) is 0 Å². The van der Waals surface area contributed by atoms with E-state index in [2.05, 4.69) is 15.6 Å². The fourth-order valence-electron chi connectivity index (χ4n) is 2.65. The van der Waals surface area contributed by atoms with E-state index in [1.807, 2.05) is 12.1 Å². The molecule has 1 atom stereocenters. The van der Waals surface area contributed by atoms with Crippen molar-refractivity contribution in [2.45, 2.75) is 18.9 Å². The molecule has 3 rings (SSSR count). The van der Waals surface area contributed by atoms with E-state index in [9.17, 15) is 5.26 Å². The van der Waals surface area contributed by atoms with Crippen molar-refractivity contribution in [2.24, 2.45) is 0 Å². The molecule has 0 amide bonds. The number of rotatable bonds is 3. The van der Waals surface area contributed by atoms with Crippen LogP contribution < -0.4 is 0 Å². The minimum absolute atomic E-state index is 0.303. The molecule has 1 aromatic heterocycles. The summed E-state index contributed by atoms with van der Waals surface area (Å²) < 4.78 is 7.67. The normalized spacial score (nSPS) is 18.8. The third-order valence-electron chi connectivity index (χ3n) is 3.50. The molecule has 1 aromatic carbocycles. The van der Waals surface area contributed by atoms with Gasteiger partial charge in [0.05, 0.1) is 23.7 Å². The van der Waals surface area contributed by atoms with Crippen LogP contribution in [0.15, 0.2) is 18.2 Å². The molecule has 0 N–H and O–H groups in total. The zero-order valence-corrected chi connectivity index (χ0v) is 11.2. The summed E-state index contributed by atoms with van der Waals surface area (Å²) in [6, 6.07) is 8.22. The number of nitriles is 1. The molecule has 0 bridgehead atoms. The van der Waals surface area contributed by atoms with E-state index < -0.39 is 0 Å². The zero-order valence-electron chi connectivity index (χ0n) is 10.5. The Morgan fingerprint density at radius 2 is 2.42 bits per heavy atom. The van der Waals surface area contributed by atoms with Gasteiger partial charge in [0, 0.05) is 18.9 Å². The number of ether oxygens (including phenoxy) is 1. The van der Waals surface area contributed by atoms with Gasteiger partial charge in [0.15, 0.2) is 0 Å². The second-order valence-electron chi connectivity index (χ2n) is 4.64. The molecule has 1 unspecified atom stereocenters. The molecule has 0 aliphatic carbocycles. The van der Waals surface area contributed by atoms with E-state index in [1.54, 1.807) is 6.07 Å². The van der Waals surface area contributed by atoms with Gasteiger partial charge in [-0.1, -0.05) is 6.07 Å². The number of nitrogens with zero attached hydrogens (tertiary/aromatic N) is 3. The predicted molar refractivity (Wildman–Crippen MR) is 73.3 cm³/mol. The summed E-state index contributed by atoms with van der Waals surface area (Å²) in [6.45, 7) is 1.49. The Hall–Kier alpha value is -1.57. The standard InChI is InChI=1S/C14H14ClN3O/c15-6-4-13-17-14-10(8-16)2-1-3-12(14)18(13)11-5-7-19-9-11/h1-3,11H,4-7,9H2. The first-order valence-electron chi connectivity index (χ1n) is 6.38. The van der Waals surface area contributed by atoms with Crippen molar-refractivity contribution in [2.75, 3.05) is 19.1 Å². The van der Waals surface area contributed by atoms with E-state index >= 15 is 0 Å². The van der Waals surface area contributed by atoms with Gasteiger partial charge in [-0.3, -0.25) is 0 Å². The first-order chi connectivity index (χ1) is 9.35. The molecule has 0 saturated carbocycles. The summed E-state index contributed by atoms with van der Waals surface area (Å²) >= 11 is 5.87. The lowest BCUT2D eigenvalue weighted by Crippen LogP contribution is -2.12. The Balaban J connectivity index is 2.21. The van der Waals surface area contributed by atoms with Crippen molar-refractivity contribution >= 4 is 22.6 Å². The first kappa shape index (κ1) is 12.5. The van der Waals surface area contributed by atoms with E-state index in [-0.39, 0.29) is 0 Å². The van der Waals surface area contributed by atoms with Gasteiger partial charge >= 0.3 is 0 Å². The van der Waals surface area contributed by atoms with Gasteiger partial charge in [0.25, 0.3) is 0 Å². The molecular weight excluding hydrogens is 262 g/mol. The summed E-state index contributed by atoms with van der Waals surface area (Å²) in [5, 5.41) is 9.18. The highest BCUT2D eigenvalue weighted by Crippen LogP contribution is 2.28. The third kappa shape index (κ3) is 2.09. The first-order valence-corrected chi connectivity index (χ1v) is 6.92. The number of aryl methyl sites for hydroxylation is 1. The van der Waals surface area contributed by atoms with Crippen molar-refractivity contribution in [1.29, 1.82) is 5.26 Å². The molecule has 5 heteroatoms. The predicted octanol–water partition coefficient (Wildman–Crippen LogP) is 2.65. The fraction of sp³-hybridized carbons (Fsp3) is 0.429. The topological polar surface area (TPSA) is 50.8 Å². The number of alkyl halides is 1. The monoisotopic (exact) mass is 275 g/mol. The number of hydrogen-bond acceptors (Lipinski definition) is 3. The van der Waals surface area contributed by atoms with E-state index in [0.29, 0.717) is 30.5 Å². The summed E-state index contributed by atoms with van der Waals surface area (Å²) in [5.74, 6) is 1.47. The van der Waals surface area contributed by atoms with Crippen LogP contribution in [0.3, 0.4) is 0 Å². The smallest absolute Gasteiger partial charge is 0.111 e. The second kappa shape index (κ2) is 5.20. The van der Waals surface area contributed by atoms with E-state index in [4.69, 9.17) is 16.3 Å². The SMILES string of the molecule is N#Cc1cccc2c1nc(CCCl)n2C1CCOC1. The van der Waals surface area contributed by atoms with Crippen LogP contribution in [-0.2, 0) is 11.2 Å². The maximum Gasteiger partial charge on any atom is 0.111 e. The van der Waals surface area contributed by atoms with Crippen molar-refractivity contribution in [3.05, 3.63) is 29.6 Å². The summed E-state index contributed by atoms with van der Waals surface area (Å²) in [5.41, 5.74) is 2.40. The van der Waals surface area contributed by atoms with Crippen LogP contribution in [-0.4, -0.2) is 28.6 Å². The molecule has 1 aliphatic heterocycles. The summed E-state index contributed by atoms with van der Waals surface area (Å²) in [7, 11) is 0. The second-order valence-corrected chi connectivity index (χ2v) is 5.02. The largest absolute Gasteiger partial charge is 0.379 e. The van der Waals surface area contributed by atoms with Crippen LogP contribution >= 0.6 is 11.6 Å². The van der Waals surface area contributed by atoms with Crippen LogP contribution in [0.2, 0.25) is 0 Å². The van der Waals surface area contributed by atoms with Crippen molar-refractivity contribution in [1.82, 2.24) is 9.55 Å². The Kier molecular flexibility index (Phi) is 3.41. The average Bonchev–Trinajstić information content (AvgIpc) is 3.04. The maximum atomic E-state index is 9.18. The lowest BCUT2D eigenvalue weighted by atomic mass is 10.2. The van der Waals surface area contributed by atoms with Gasteiger partial charge in [0.2, 0.25) is 0 Å². The third-order valence-corrected chi connectivity index (χ3v) is 3.69. The molecular formula is C14H14ClN3O. The Bertz CT molecular complexity index is 638. The lowest BCUT2D eigenvalue weighted by Gasteiger charge is -2.14. The Morgan fingerprint density at radius 3 is 3.11 bits per heavy atom. The molecule has 1 aliphatic rings. The average molecular weight is 276 g/mol. The highest BCUT2D eigenvalue weighted by atomic mass is 35.5. The van der Waals surface area contributed by atoms with Crippen molar-refractivity contribution in [3.63, 3.8) is 0 Å². The number of benzene rings is 1. The number of fused-ring (bicyclic) bond motifs is 1. The number of hydrogen-bond donors (Lipinski definition) is 0. The lowest BCUT2D eigenvalue weighted by molar-refractivity contribution is 0.186. The van der Waals surface area contributed by atoms with Gasteiger partial charge in [-0.2, -0.15) is 5.26 Å². The van der Waals surface area contributed by atoms with Gasteiger partial charge < -0.3 is 9.30 Å². The summed E-state index contributed by atoms with van der Waals surface area (Å²) in [6.07, 6.45) is 1.69. The van der Waals surface area contributed by atoms with Crippen LogP contribution in [0, 0.1) is 11.3 Å². The number of imidazole rings is 1. The molecule has 4 nitrogen and oxygen atoms in total. The van der Waals surface area contributed by atoms with Crippen LogP contribution in [0.1, 0.15) is 23.9 Å². The molecule has 0 spiro atoms. The van der Waals surface area contributed by atoms with E-state index in [0.717, 1.165) is 29.9 Å². The minimum Gasteiger partial charge on any atom is -0.379 e. The van der Waals surface area contributed by atoms with Gasteiger partial charge in [-0.25, -0.2) is 4.98 Å². The van der Waals surface area contributed by atoms with E-state index in [1.165, 1.54) is 0 Å². The number of para-hydroxylation sites is 1. The van der Waals surface area contributed by atoms with Crippen LogP contribution in [0.25, 0.3) is 11.0 Å². The molecule has 0 radical (unpaired) electrons. The molecule has 2 heterocycles. The van der Waals surface area contributed by atoms with Crippen molar-refractivity contribution in [3.8, 4) is 6.07 Å². The summed E-state index contributed by atoms with van der Waals surface area (Å²) in [4.78, 5) is 4.62.